The number of nitriles is 1. The van der Waals surface area contributed by atoms with E-state index in [4.69, 9.17) is 4.74 Å². The van der Waals surface area contributed by atoms with Gasteiger partial charge in [-0.3, -0.25) is 4.79 Å². The van der Waals surface area contributed by atoms with Gasteiger partial charge >= 0.3 is 0 Å². The standard InChI is InChI=1S/C25H22N2O2/c1-18(2)20-14-12-19(13-15-20)16-21(17-26)25(28)27-23-10-6-7-11-24(23)29-22-8-4-3-5-9-22/h3-16,18H,1-2H3,(H,27,28). The predicted octanol–water partition coefficient (Wildman–Crippen LogP) is 6.15. The van der Waals surface area contributed by atoms with Gasteiger partial charge in [-0.25, -0.2) is 0 Å². The molecular weight excluding hydrogens is 360 g/mol. The van der Waals surface area contributed by atoms with Gasteiger partial charge < -0.3 is 10.1 Å². The average molecular weight is 382 g/mol. The number of amides is 1. The first-order valence-corrected chi connectivity index (χ1v) is 9.42. The average Bonchev–Trinajstić information content (AvgIpc) is 2.74. The number of hydrogen-bond acceptors (Lipinski definition) is 3. The number of benzene rings is 3. The molecule has 0 saturated heterocycles. The van der Waals surface area contributed by atoms with E-state index in [1.54, 1.807) is 24.3 Å². The van der Waals surface area contributed by atoms with Crippen molar-refractivity contribution < 1.29 is 9.53 Å². The van der Waals surface area contributed by atoms with Gasteiger partial charge in [0.1, 0.15) is 17.4 Å². The van der Waals surface area contributed by atoms with Crippen LogP contribution in [-0.2, 0) is 4.79 Å². The molecule has 1 amide bonds. The third-order valence-corrected chi connectivity index (χ3v) is 4.39. The monoisotopic (exact) mass is 382 g/mol. The molecule has 0 fully saturated rings. The van der Waals surface area contributed by atoms with Crippen LogP contribution in [0.5, 0.6) is 11.5 Å². The number of rotatable bonds is 6. The molecule has 29 heavy (non-hydrogen) atoms. The van der Waals surface area contributed by atoms with Crippen LogP contribution in [0.15, 0.2) is 84.4 Å². The van der Waals surface area contributed by atoms with Gasteiger partial charge in [0, 0.05) is 0 Å². The van der Waals surface area contributed by atoms with Crippen LogP contribution >= 0.6 is 0 Å². The summed E-state index contributed by atoms with van der Waals surface area (Å²) >= 11 is 0. The van der Waals surface area contributed by atoms with Crippen LogP contribution in [0.3, 0.4) is 0 Å². The predicted molar refractivity (Wildman–Crippen MR) is 116 cm³/mol. The van der Waals surface area contributed by atoms with E-state index in [0.717, 1.165) is 5.56 Å². The number of anilines is 1. The Labute approximate surface area is 171 Å². The maximum Gasteiger partial charge on any atom is 0.266 e. The van der Waals surface area contributed by atoms with Gasteiger partial charge in [-0.05, 0) is 47.4 Å². The van der Waals surface area contributed by atoms with E-state index < -0.39 is 5.91 Å². The molecule has 1 N–H and O–H groups in total. The molecule has 0 radical (unpaired) electrons. The molecule has 144 valence electrons. The van der Waals surface area contributed by atoms with Crippen molar-refractivity contribution in [1.29, 1.82) is 5.26 Å². The summed E-state index contributed by atoms with van der Waals surface area (Å²) in [7, 11) is 0. The minimum Gasteiger partial charge on any atom is -0.455 e. The summed E-state index contributed by atoms with van der Waals surface area (Å²) in [5.41, 5.74) is 2.53. The maximum absolute atomic E-state index is 12.7. The molecule has 0 aliphatic rings. The highest BCUT2D eigenvalue weighted by molar-refractivity contribution is 6.10. The quantitative estimate of drug-likeness (QED) is 0.411. The van der Waals surface area contributed by atoms with Crippen LogP contribution in [0.2, 0.25) is 0 Å². The van der Waals surface area contributed by atoms with E-state index in [9.17, 15) is 10.1 Å². The lowest BCUT2D eigenvalue weighted by molar-refractivity contribution is -0.112. The second-order valence-corrected chi connectivity index (χ2v) is 6.86. The Morgan fingerprint density at radius 1 is 0.966 bits per heavy atom. The minimum absolute atomic E-state index is 0.0248. The Hall–Kier alpha value is -3.84. The smallest absolute Gasteiger partial charge is 0.266 e. The Kier molecular flexibility index (Phi) is 6.44. The molecular formula is C25H22N2O2. The van der Waals surface area contributed by atoms with E-state index in [0.29, 0.717) is 23.1 Å². The fraction of sp³-hybridized carbons (Fsp3) is 0.120. The Balaban J connectivity index is 1.79. The van der Waals surface area contributed by atoms with Crippen molar-refractivity contribution in [2.45, 2.75) is 19.8 Å². The van der Waals surface area contributed by atoms with Crippen molar-refractivity contribution in [3.8, 4) is 17.6 Å². The fourth-order valence-corrected chi connectivity index (χ4v) is 2.76. The molecule has 0 spiro atoms. The Morgan fingerprint density at radius 3 is 2.28 bits per heavy atom. The first-order chi connectivity index (χ1) is 14.1. The molecule has 0 saturated carbocycles. The summed E-state index contributed by atoms with van der Waals surface area (Å²) in [6.07, 6.45) is 1.58. The molecule has 0 aliphatic heterocycles. The normalized spacial score (nSPS) is 11.0. The summed E-state index contributed by atoms with van der Waals surface area (Å²) in [4.78, 5) is 12.7. The van der Waals surface area contributed by atoms with Crippen LogP contribution < -0.4 is 10.1 Å². The summed E-state index contributed by atoms with van der Waals surface area (Å²) in [6.45, 7) is 4.24. The highest BCUT2D eigenvalue weighted by Gasteiger charge is 2.13. The summed E-state index contributed by atoms with van der Waals surface area (Å²) < 4.78 is 5.86. The van der Waals surface area contributed by atoms with Gasteiger partial charge in [0.25, 0.3) is 5.91 Å². The third-order valence-electron chi connectivity index (χ3n) is 4.39. The first kappa shape index (κ1) is 19.9. The molecule has 3 aromatic carbocycles. The number of ether oxygens (including phenoxy) is 1. The van der Waals surface area contributed by atoms with Crippen LogP contribution in [0.25, 0.3) is 6.08 Å². The van der Waals surface area contributed by atoms with Crippen molar-refractivity contribution in [3.05, 3.63) is 95.6 Å². The molecule has 3 rings (SSSR count). The van der Waals surface area contributed by atoms with Crippen LogP contribution in [0, 0.1) is 11.3 Å². The maximum atomic E-state index is 12.7. The van der Waals surface area contributed by atoms with Gasteiger partial charge in [-0.2, -0.15) is 5.26 Å². The summed E-state index contributed by atoms with van der Waals surface area (Å²) in [5, 5.41) is 12.2. The molecule has 0 unspecified atom stereocenters. The van der Waals surface area contributed by atoms with Crippen LogP contribution in [0.4, 0.5) is 5.69 Å². The van der Waals surface area contributed by atoms with Gasteiger partial charge in [0.15, 0.2) is 5.75 Å². The number of carbonyl (C=O) groups is 1. The first-order valence-electron chi connectivity index (χ1n) is 9.42. The van der Waals surface area contributed by atoms with Gasteiger partial charge in [-0.1, -0.05) is 68.4 Å². The second-order valence-electron chi connectivity index (χ2n) is 6.86. The SMILES string of the molecule is CC(C)c1ccc(C=C(C#N)C(=O)Nc2ccccc2Oc2ccccc2)cc1. The van der Waals surface area contributed by atoms with Gasteiger partial charge in [0.05, 0.1) is 5.69 Å². The molecule has 0 aromatic heterocycles. The zero-order chi connectivity index (χ0) is 20.6. The Bertz CT molecular complexity index is 1050. The van der Waals surface area contributed by atoms with Crippen molar-refractivity contribution in [2.24, 2.45) is 0 Å². The lowest BCUT2D eigenvalue weighted by Gasteiger charge is -2.12. The number of nitrogens with one attached hydrogen (secondary N) is 1. The molecule has 0 aliphatic carbocycles. The number of nitrogens with zero attached hydrogens (tertiary/aromatic N) is 1. The van der Waals surface area contributed by atoms with E-state index in [-0.39, 0.29) is 5.57 Å². The lowest BCUT2D eigenvalue weighted by atomic mass is 10.0. The molecule has 0 atom stereocenters. The second kappa shape index (κ2) is 9.38. The Morgan fingerprint density at radius 2 is 1.62 bits per heavy atom. The molecule has 3 aromatic rings. The molecule has 4 heteroatoms. The summed E-state index contributed by atoms with van der Waals surface area (Å²) in [6, 6.07) is 26.3. The van der Waals surface area contributed by atoms with E-state index in [1.165, 1.54) is 5.56 Å². The van der Waals surface area contributed by atoms with Crippen molar-refractivity contribution in [3.63, 3.8) is 0 Å². The van der Waals surface area contributed by atoms with E-state index >= 15 is 0 Å². The highest BCUT2D eigenvalue weighted by atomic mass is 16.5. The highest BCUT2D eigenvalue weighted by Crippen LogP contribution is 2.29. The molecule has 0 heterocycles. The number of hydrogen-bond donors (Lipinski definition) is 1. The largest absolute Gasteiger partial charge is 0.455 e. The minimum atomic E-state index is -0.482. The van der Waals surface area contributed by atoms with Crippen LogP contribution in [-0.4, -0.2) is 5.91 Å². The molecule has 4 nitrogen and oxygen atoms in total. The number of carbonyl (C=O) groups excluding carboxylic acids is 1. The number of para-hydroxylation sites is 3. The van der Waals surface area contributed by atoms with Gasteiger partial charge in [-0.15, -0.1) is 0 Å². The van der Waals surface area contributed by atoms with E-state index in [2.05, 4.69) is 19.2 Å². The van der Waals surface area contributed by atoms with E-state index in [1.807, 2.05) is 66.7 Å². The fourth-order valence-electron chi connectivity index (χ4n) is 2.76. The van der Waals surface area contributed by atoms with Gasteiger partial charge in [0.2, 0.25) is 0 Å². The van der Waals surface area contributed by atoms with Crippen molar-refractivity contribution in [1.82, 2.24) is 0 Å². The summed E-state index contributed by atoms with van der Waals surface area (Å²) in [5.74, 6) is 1.11. The van der Waals surface area contributed by atoms with Crippen molar-refractivity contribution in [2.75, 3.05) is 5.32 Å². The van der Waals surface area contributed by atoms with Crippen molar-refractivity contribution >= 4 is 17.7 Å². The topological polar surface area (TPSA) is 62.1 Å². The third kappa shape index (κ3) is 5.33. The lowest BCUT2D eigenvalue weighted by Crippen LogP contribution is -2.14. The zero-order valence-corrected chi connectivity index (χ0v) is 16.4. The molecule has 0 bridgehead atoms. The van der Waals surface area contributed by atoms with Crippen LogP contribution in [0.1, 0.15) is 30.9 Å². The zero-order valence-electron chi connectivity index (χ0n) is 16.4.